The van der Waals surface area contributed by atoms with E-state index in [0.717, 1.165) is 13.1 Å². The Morgan fingerprint density at radius 1 is 1.28 bits per heavy atom. The van der Waals surface area contributed by atoms with Gasteiger partial charge < -0.3 is 20.5 Å². The minimum atomic E-state index is -4.79. The number of thiophene rings is 1. The van der Waals surface area contributed by atoms with E-state index < -0.39 is 6.36 Å². The van der Waals surface area contributed by atoms with Gasteiger partial charge in [0.1, 0.15) is 0 Å². The van der Waals surface area contributed by atoms with Crippen molar-refractivity contribution in [2.75, 3.05) is 38.2 Å². The standard InChI is InChI=1S/C19H23F3N4O2S/c1-13-6-7-17(29-13)15(26-8-10-27-11-9-26)12-24-18(23)25-14-4-2-3-5-16(14)28-19(20,21)22/h2-7,15H,8-12H2,1H3,(H3,23,24,25). The van der Waals surface area contributed by atoms with Crippen LogP contribution in [0.2, 0.25) is 0 Å². The molecule has 0 aliphatic carbocycles. The van der Waals surface area contributed by atoms with Gasteiger partial charge in [-0.3, -0.25) is 9.89 Å². The number of nitrogens with two attached hydrogens (primary N) is 1. The molecule has 1 unspecified atom stereocenters. The van der Waals surface area contributed by atoms with Crippen molar-refractivity contribution in [2.24, 2.45) is 10.7 Å². The highest BCUT2D eigenvalue weighted by Crippen LogP contribution is 2.31. The zero-order valence-electron chi connectivity index (χ0n) is 15.9. The molecule has 29 heavy (non-hydrogen) atoms. The van der Waals surface area contributed by atoms with Gasteiger partial charge in [0.2, 0.25) is 0 Å². The van der Waals surface area contributed by atoms with E-state index in [9.17, 15) is 13.2 Å². The number of para-hydroxylation sites is 2. The van der Waals surface area contributed by atoms with Gasteiger partial charge in [-0.1, -0.05) is 12.1 Å². The number of hydrogen-bond acceptors (Lipinski definition) is 5. The summed E-state index contributed by atoms with van der Waals surface area (Å²) in [5.41, 5.74) is 6.06. The SMILES string of the molecule is Cc1ccc(C(CN=C(N)Nc2ccccc2OC(F)(F)F)N2CCOCC2)s1. The lowest BCUT2D eigenvalue weighted by molar-refractivity contribution is -0.274. The van der Waals surface area contributed by atoms with E-state index in [1.165, 1.54) is 28.0 Å². The van der Waals surface area contributed by atoms with Crippen LogP contribution in [0.5, 0.6) is 5.75 Å². The second-order valence-electron chi connectivity index (χ2n) is 6.51. The van der Waals surface area contributed by atoms with Crippen LogP contribution in [-0.4, -0.2) is 50.1 Å². The Labute approximate surface area is 171 Å². The molecule has 1 aliphatic rings. The summed E-state index contributed by atoms with van der Waals surface area (Å²) >= 11 is 1.70. The number of morpholine rings is 1. The quantitative estimate of drug-likeness (QED) is 0.542. The zero-order valence-corrected chi connectivity index (χ0v) is 16.7. The predicted octanol–water partition coefficient (Wildman–Crippen LogP) is 3.76. The molecule has 0 radical (unpaired) electrons. The number of anilines is 1. The molecule has 0 amide bonds. The average Bonchev–Trinajstić information content (AvgIpc) is 3.09. The minimum absolute atomic E-state index is 0.0229. The second kappa shape index (κ2) is 9.47. The summed E-state index contributed by atoms with van der Waals surface area (Å²) < 4.78 is 47.2. The van der Waals surface area contributed by atoms with Crippen molar-refractivity contribution >= 4 is 23.0 Å². The third-order valence-corrected chi connectivity index (χ3v) is 5.49. The summed E-state index contributed by atoms with van der Waals surface area (Å²) in [6.45, 7) is 5.29. The fraction of sp³-hybridized carbons (Fsp3) is 0.421. The van der Waals surface area contributed by atoms with Crippen LogP contribution in [0, 0.1) is 6.92 Å². The molecule has 2 heterocycles. The Morgan fingerprint density at radius 2 is 2.00 bits per heavy atom. The summed E-state index contributed by atoms with van der Waals surface area (Å²) in [7, 11) is 0. The molecule has 1 fully saturated rings. The van der Waals surface area contributed by atoms with Crippen molar-refractivity contribution in [1.29, 1.82) is 0 Å². The zero-order chi connectivity index (χ0) is 20.9. The molecule has 3 rings (SSSR count). The van der Waals surface area contributed by atoms with Crippen molar-refractivity contribution < 1.29 is 22.6 Å². The van der Waals surface area contributed by atoms with E-state index in [1.807, 2.05) is 6.92 Å². The summed E-state index contributed by atoms with van der Waals surface area (Å²) in [6.07, 6.45) is -4.79. The lowest BCUT2D eigenvalue weighted by Gasteiger charge is -2.33. The number of aryl methyl sites for hydroxylation is 1. The number of nitrogens with zero attached hydrogens (tertiary/aromatic N) is 2. The lowest BCUT2D eigenvalue weighted by atomic mass is 10.2. The molecule has 2 aromatic rings. The molecule has 158 valence electrons. The molecular formula is C19H23F3N4O2S. The molecular weight excluding hydrogens is 405 g/mol. The number of aliphatic imine (C=N–C) groups is 1. The number of nitrogens with one attached hydrogen (secondary N) is 1. The first-order valence-electron chi connectivity index (χ1n) is 9.11. The first-order valence-corrected chi connectivity index (χ1v) is 9.93. The van der Waals surface area contributed by atoms with Gasteiger partial charge in [0.25, 0.3) is 0 Å². The van der Waals surface area contributed by atoms with Crippen molar-refractivity contribution in [2.45, 2.75) is 19.3 Å². The Kier molecular flexibility index (Phi) is 6.99. The number of alkyl halides is 3. The van der Waals surface area contributed by atoms with E-state index in [2.05, 4.69) is 32.1 Å². The highest BCUT2D eigenvalue weighted by molar-refractivity contribution is 7.12. The lowest BCUT2D eigenvalue weighted by Crippen LogP contribution is -2.40. The van der Waals surface area contributed by atoms with Crippen molar-refractivity contribution in [1.82, 2.24) is 4.90 Å². The van der Waals surface area contributed by atoms with Crippen LogP contribution in [0.25, 0.3) is 0 Å². The maximum absolute atomic E-state index is 12.6. The van der Waals surface area contributed by atoms with Crippen molar-refractivity contribution in [3.8, 4) is 5.75 Å². The number of benzene rings is 1. The Balaban J connectivity index is 1.73. The van der Waals surface area contributed by atoms with E-state index in [-0.39, 0.29) is 23.4 Å². The number of ether oxygens (including phenoxy) is 2. The number of hydrogen-bond donors (Lipinski definition) is 2. The highest BCUT2D eigenvalue weighted by Gasteiger charge is 2.32. The van der Waals surface area contributed by atoms with E-state index in [0.29, 0.717) is 19.8 Å². The highest BCUT2D eigenvalue weighted by atomic mass is 32.1. The van der Waals surface area contributed by atoms with Gasteiger partial charge in [-0.15, -0.1) is 24.5 Å². The number of rotatable bonds is 6. The van der Waals surface area contributed by atoms with Crippen LogP contribution in [0.1, 0.15) is 15.8 Å². The molecule has 0 saturated carbocycles. The fourth-order valence-corrected chi connectivity index (χ4v) is 4.06. The van der Waals surface area contributed by atoms with E-state index >= 15 is 0 Å². The van der Waals surface area contributed by atoms with Gasteiger partial charge in [-0.25, -0.2) is 0 Å². The van der Waals surface area contributed by atoms with E-state index in [4.69, 9.17) is 10.5 Å². The summed E-state index contributed by atoms with van der Waals surface area (Å²) in [5, 5.41) is 2.71. The molecule has 0 spiro atoms. The summed E-state index contributed by atoms with van der Waals surface area (Å²) in [5.74, 6) is -0.341. The Hall–Kier alpha value is -2.30. The van der Waals surface area contributed by atoms with Gasteiger partial charge in [0.15, 0.2) is 11.7 Å². The smallest absolute Gasteiger partial charge is 0.404 e. The van der Waals surface area contributed by atoms with Gasteiger partial charge in [0, 0.05) is 22.8 Å². The van der Waals surface area contributed by atoms with E-state index in [1.54, 1.807) is 17.4 Å². The van der Waals surface area contributed by atoms with Crippen LogP contribution in [0.4, 0.5) is 18.9 Å². The average molecular weight is 428 g/mol. The van der Waals surface area contributed by atoms with Crippen LogP contribution in [-0.2, 0) is 4.74 Å². The monoisotopic (exact) mass is 428 g/mol. The van der Waals surface area contributed by atoms with Gasteiger partial charge in [0.05, 0.1) is 31.5 Å². The largest absolute Gasteiger partial charge is 0.573 e. The molecule has 1 aromatic heterocycles. The Morgan fingerprint density at radius 3 is 2.66 bits per heavy atom. The van der Waals surface area contributed by atoms with Gasteiger partial charge in [-0.2, -0.15) is 0 Å². The summed E-state index contributed by atoms with van der Waals surface area (Å²) in [4.78, 5) is 9.04. The third kappa shape index (κ3) is 6.34. The molecule has 1 atom stereocenters. The number of guanidine groups is 1. The second-order valence-corrected chi connectivity index (χ2v) is 7.83. The van der Waals surface area contributed by atoms with Crippen molar-refractivity contribution in [3.05, 3.63) is 46.2 Å². The molecule has 1 aliphatic heterocycles. The van der Waals surface area contributed by atoms with Crippen LogP contribution < -0.4 is 15.8 Å². The fourth-order valence-electron chi connectivity index (χ4n) is 3.05. The number of halogens is 3. The molecule has 1 saturated heterocycles. The first kappa shape index (κ1) is 21.4. The summed E-state index contributed by atoms with van der Waals surface area (Å²) in [6, 6.07) is 9.87. The molecule has 0 bridgehead atoms. The Bertz CT molecular complexity index is 835. The van der Waals surface area contributed by atoms with Gasteiger partial charge in [-0.05, 0) is 31.2 Å². The van der Waals surface area contributed by atoms with Crippen LogP contribution in [0.15, 0.2) is 41.4 Å². The molecule has 1 aromatic carbocycles. The van der Waals surface area contributed by atoms with Gasteiger partial charge >= 0.3 is 6.36 Å². The molecule has 10 heteroatoms. The third-order valence-electron chi connectivity index (χ3n) is 4.39. The van der Waals surface area contributed by atoms with Crippen molar-refractivity contribution in [3.63, 3.8) is 0 Å². The maximum atomic E-state index is 12.6. The minimum Gasteiger partial charge on any atom is -0.404 e. The van der Waals surface area contributed by atoms with Crippen LogP contribution >= 0.6 is 11.3 Å². The normalized spacial score (nSPS) is 17.2. The predicted molar refractivity (Wildman–Crippen MR) is 107 cm³/mol. The van der Waals surface area contributed by atoms with Crippen LogP contribution in [0.3, 0.4) is 0 Å². The molecule has 3 N–H and O–H groups in total. The molecule has 6 nitrogen and oxygen atoms in total. The maximum Gasteiger partial charge on any atom is 0.573 e. The topological polar surface area (TPSA) is 72.1 Å². The first-order chi connectivity index (χ1) is 13.8.